The van der Waals surface area contributed by atoms with Crippen LogP contribution in [0.4, 0.5) is 0 Å². The number of rotatable bonds is 10. The summed E-state index contributed by atoms with van der Waals surface area (Å²) in [4.78, 5) is 17.3. The molecule has 3 rings (SSSR count). The van der Waals surface area contributed by atoms with Crippen LogP contribution in [0, 0.1) is 0 Å². The molecule has 2 aromatic carbocycles. The van der Waals surface area contributed by atoms with Crippen molar-refractivity contribution in [1.82, 2.24) is 16.0 Å². The van der Waals surface area contributed by atoms with Crippen molar-refractivity contribution < 1.29 is 9.53 Å². The number of ether oxygens (including phenoxy) is 1. The number of thioether (sulfide) groups is 1. The van der Waals surface area contributed by atoms with Crippen LogP contribution < -0.4 is 20.7 Å². The second-order valence-corrected chi connectivity index (χ2v) is 7.96. The van der Waals surface area contributed by atoms with Crippen molar-refractivity contribution in [1.29, 1.82) is 0 Å². The summed E-state index contributed by atoms with van der Waals surface area (Å²) in [5.74, 6) is 2.34. The van der Waals surface area contributed by atoms with Gasteiger partial charge in [-0.3, -0.25) is 9.79 Å². The molecule has 0 spiro atoms. The first-order chi connectivity index (χ1) is 14.2. The van der Waals surface area contributed by atoms with Crippen LogP contribution in [0.15, 0.2) is 64.5 Å². The van der Waals surface area contributed by atoms with Gasteiger partial charge in [-0.2, -0.15) is 0 Å². The minimum Gasteiger partial charge on any atom is -0.484 e. The lowest BCUT2D eigenvalue weighted by molar-refractivity contribution is -0.123. The van der Waals surface area contributed by atoms with Crippen molar-refractivity contribution in [3.8, 4) is 5.75 Å². The van der Waals surface area contributed by atoms with E-state index in [1.807, 2.05) is 54.2 Å². The molecule has 0 unspecified atom stereocenters. The summed E-state index contributed by atoms with van der Waals surface area (Å²) in [5.41, 5.74) is 1.06. The highest BCUT2D eigenvalue weighted by Gasteiger charge is 2.23. The number of amides is 1. The van der Waals surface area contributed by atoms with Crippen molar-refractivity contribution in [3.05, 3.63) is 60.2 Å². The Morgan fingerprint density at radius 2 is 1.93 bits per heavy atom. The number of hydrogen-bond acceptors (Lipinski definition) is 4. The maximum absolute atomic E-state index is 11.7. The lowest BCUT2D eigenvalue weighted by Gasteiger charge is -2.13. The van der Waals surface area contributed by atoms with Crippen LogP contribution in [0.2, 0.25) is 0 Å². The van der Waals surface area contributed by atoms with Gasteiger partial charge < -0.3 is 20.7 Å². The van der Waals surface area contributed by atoms with Crippen molar-refractivity contribution in [2.45, 2.75) is 30.3 Å². The van der Waals surface area contributed by atoms with Gasteiger partial charge in [-0.05, 0) is 42.7 Å². The molecular weight excluding hydrogens is 511 g/mol. The van der Waals surface area contributed by atoms with E-state index in [9.17, 15) is 4.79 Å². The molecule has 1 fully saturated rings. The Kier molecular flexibility index (Phi) is 10.9. The summed E-state index contributed by atoms with van der Waals surface area (Å²) < 4.78 is 5.60. The van der Waals surface area contributed by atoms with Crippen LogP contribution in [0.25, 0.3) is 0 Å². The zero-order valence-electron chi connectivity index (χ0n) is 17.1. The molecule has 0 aromatic heterocycles. The summed E-state index contributed by atoms with van der Waals surface area (Å²) in [6, 6.07) is 18.5. The number of hydrogen-bond donors (Lipinski definition) is 3. The second kappa shape index (κ2) is 13.4. The average molecular weight is 540 g/mol. The molecule has 1 aliphatic rings. The molecule has 3 N–H and O–H groups in total. The van der Waals surface area contributed by atoms with Crippen molar-refractivity contribution in [2.24, 2.45) is 4.99 Å². The summed E-state index contributed by atoms with van der Waals surface area (Å²) in [6.45, 7) is 1.49. The Hall–Kier alpha value is -1.94. The van der Waals surface area contributed by atoms with E-state index in [0.717, 1.165) is 36.7 Å². The van der Waals surface area contributed by atoms with E-state index >= 15 is 0 Å². The quantitative estimate of drug-likeness (QED) is 0.142. The molecule has 1 aliphatic carbocycles. The molecule has 6 nitrogen and oxygen atoms in total. The number of guanidine groups is 1. The largest absolute Gasteiger partial charge is 0.484 e. The molecule has 0 atom stereocenters. The standard InChI is InChI=1S/C22H28N4O2S.HI/c1-23-22(24-12-13-29-20-8-3-2-4-9-20)25-15-17-6-5-7-19(14-17)28-16-21(27)26-18-10-11-18;/h2-9,14,18H,10-13,15-16H2,1H3,(H,26,27)(H2,23,24,25);1H. The monoisotopic (exact) mass is 540 g/mol. The van der Waals surface area contributed by atoms with Crippen LogP contribution >= 0.6 is 35.7 Å². The van der Waals surface area contributed by atoms with Crippen molar-refractivity contribution in [2.75, 3.05) is 26.0 Å². The number of benzene rings is 2. The van der Waals surface area contributed by atoms with Gasteiger partial charge in [0.25, 0.3) is 5.91 Å². The first kappa shape index (κ1) is 24.3. The highest BCUT2D eigenvalue weighted by molar-refractivity contribution is 14.0. The third kappa shape index (κ3) is 9.25. The van der Waals surface area contributed by atoms with Crippen LogP contribution in [0.1, 0.15) is 18.4 Å². The molecule has 162 valence electrons. The van der Waals surface area contributed by atoms with E-state index < -0.39 is 0 Å². The molecule has 0 saturated heterocycles. The maximum Gasteiger partial charge on any atom is 0.258 e. The maximum atomic E-state index is 11.7. The molecule has 8 heteroatoms. The number of nitrogens with one attached hydrogen (secondary N) is 3. The number of aliphatic imine (C=N–C) groups is 1. The SMILES string of the molecule is CN=C(NCCSc1ccccc1)NCc1cccc(OCC(=O)NC2CC2)c1.I. The van der Waals surface area contributed by atoms with Gasteiger partial charge in [-0.15, -0.1) is 35.7 Å². The van der Waals surface area contributed by atoms with E-state index in [2.05, 4.69) is 33.1 Å². The predicted molar refractivity (Wildman–Crippen MR) is 134 cm³/mol. The Balaban J connectivity index is 0.00000320. The summed E-state index contributed by atoms with van der Waals surface area (Å²) in [7, 11) is 1.76. The summed E-state index contributed by atoms with van der Waals surface area (Å²) in [5, 5.41) is 9.55. The topological polar surface area (TPSA) is 74.8 Å². The Morgan fingerprint density at radius 1 is 1.13 bits per heavy atom. The Bertz CT molecular complexity index is 816. The van der Waals surface area contributed by atoms with Crippen LogP contribution in [-0.2, 0) is 11.3 Å². The van der Waals surface area contributed by atoms with Crippen molar-refractivity contribution in [3.63, 3.8) is 0 Å². The van der Waals surface area contributed by atoms with Crippen molar-refractivity contribution >= 4 is 47.6 Å². The molecule has 0 bridgehead atoms. The van der Waals surface area contributed by atoms with E-state index in [1.54, 1.807) is 7.05 Å². The number of nitrogens with zero attached hydrogens (tertiary/aromatic N) is 1. The van der Waals surface area contributed by atoms with E-state index in [4.69, 9.17) is 4.74 Å². The minimum atomic E-state index is -0.0611. The fraction of sp³-hybridized carbons (Fsp3) is 0.364. The van der Waals surface area contributed by atoms with Crippen LogP contribution in [0.5, 0.6) is 5.75 Å². The van der Waals surface area contributed by atoms with Crippen LogP contribution in [0.3, 0.4) is 0 Å². The smallest absolute Gasteiger partial charge is 0.258 e. The zero-order valence-corrected chi connectivity index (χ0v) is 20.2. The fourth-order valence-corrected chi connectivity index (χ4v) is 3.44. The van der Waals surface area contributed by atoms with Gasteiger partial charge in [0.05, 0.1) is 0 Å². The Morgan fingerprint density at radius 3 is 2.67 bits per heavy atom. The average Bonchev–Trinajstić information content (AvgIpc) is 3.57. The van der Waals surface area contributed by atoms with Gasteiger partial charge in [0.15, 0.2) is 12.6 Å². The highest BCUT2D eigenvalue weighted by Crippen LogP contribution is 2.19. The molecule has 1 saturated carbocycles. The normalized spacial score (nSPS) is 13.2. The molecule has 0 aliphatic heterocycles. The molecule has 2 aromatic rings. The summed E-state index contributed by atoms with van der Waals surface area (Å²) in [6.07, 6.45) is 2.15. The lowest BCUT2D eigenvalue weighted by Crippen LogP contribution is -2.37. The molecule has 1 amide bonds. The lowest BCUT2D eigenvalue weighted by atomic mass is 10.2. The fourth-order valence-electron chi connectivity index (χ4n) is 2.65. The van der Waals surface area contributed by atoms with Gasteiger partial charge in [0.2, 0.25) is 0 Å². The van der Waals surface area contributed by atoms with Crippen LogP contribution in [-0.4, -0.2) is 43.9 Å². The number of halogens is 1. The van der Waals surface area contributed by atoms with E-state index in [1.165, 1.54) is 4.90 Å². The second-order valence-electron chi connectivity index (χ2n) is 6.79. The van der Waals surface area contributed by atoms with Gasteiger partial charge in [0.1, 0.15) is 5.75 Å². The highest BCUT2D eigenvalue weighted by atomic mass is 127. The van der Waals surface area contributed by atoms with Gasteiger partial charge in [0, 0.05) is 36.8 Å². The molecule has 30 heavy (non-hydrogen) atoms. The van der Waals surface area contributed by atoms with E-state index in [0.29, 0.717) is 18.3 Å². The molecule has 0 heterocycles. The number of carbonyl (C=O) groups is 1. The first-order valence-corrected chi connectivity index (χ1v) is 10.8. The first-order valence-electron chi connectivity index (χ1n) is 9.86. The molecule has 0 radical (unpaired) electrons. The minimum absolute atomic E-state index is 0. The number of carbonyl (C=O) groups excluding carboxylic acids is 1. The predicted octanol–water partition coefficient (Wildman–Crippen LogP) is 3.42. The third-order valence-electron chi connectivity index (χ3n) is 4.30. The van der Waals surface area contributed by atoms with Gasteiger partial charge >= 0.3 is 0 Å². The summed E-state index contributed by atoms with van der Waals surface area (Å²) >= 11 is 1.81. The van der Waals surface area contributed by atoms with Gasteiger partial charge in [-0.25, -0.2) is 0 Å². The zero-order chi connectivity index (χ0) is 20.3. The Labute approximate surface area is 199 Å². The third-order valence-corrected chi connectivity index (χ3v) is 5.31. The van der Waals surface area contributed by atoms with E-state index in [-0.39, 0.29) is 36.5 Å². The van der Waals surface area contributed by atoms with Gasteiger partial charge in [-0.1, -0.05) is 30.3 Å². The molecular formula is C22H29IN4O2S.